The van der Waals surface area contributed by atoms with Gasteiger partial charge in [0.15, 0.2) is 11.5 Å². The van der Waals surface area contributed by atoms with Gasteiger partial charge >= 0.3 is 0 Å². The van der Waals surface area contributed by atoms with Crippen molar-refractivity contribution < 1.29 is 18.7 Å². The van der Waals surface area contributed by atoms with Crippen LogP contribution in [0.25, 0.3) is 11.1 Å². The smallest absolute Gasteiger partial charge is 0.228 e. The number of carbonyl (C=O) groups is 1. The van der Waals surface area contributed by atoms with Crippen molar-refractivity contribution in [2.24, 2.45) is 0 Å². The third-order valence-corrected chi connectivity index (χ3v) is 4.45. The number of nitrogens with zero attached hydrogens (tertiary/aromatic N) is 1. The van der Waals surface area contributed by atoms with E-state index in [1.807, 2.05) is 18.2 Å². The summed E-state index contributed by atoms with van der Waals surface area (Å²) in [5.41, 5.74) is 2.98. The number of hydrogen-bond acceptors (Lipinski definition) is 5. The van der Waals surface area contributed by atoms with Crippen LogP contribution in [0.15, 0.2) is 40.8 Å². The highest BCUT2D eigenvalue weighted by molar-refractivity contribution is 5.94. The quantitative estimate of drug-likeness (QED) is 0.728. The number of ether oxygens (including phenoxy) is 2. The highest BCUT2D eigenvalue weighted by atomic mass is 16.5. The van der Waals surface area contributed by atoms with Crippen LogP contribution in [-0.2, 0) is 11.2 Å². The summed E-state index contributed by atoms with van der Waals surface area (Å²) in [6.45, 7) is 0. The maximum Gasteiger partial charge on any atom is 0.228 e. The molecule has 0 atom stereocenters. The number of rotatable bonds is 6. The van der Waals surface area contributed by atoms with Crippen LogP contribution >= 0.6 is 0 Å². The SMILES string of the molecule is COc1ccc(OC)c(CC(=O)Nc2ccc3oc(C4CC4)nc3c2)c1. The van der Waals surface area contributed by atoms with Gasteiger partial charge in [-0.1, -0.05) is 0 Å². The maximum absolute atomic E-state index is 12.5. The molecule has 1 aliphatic carbocycles. The molecule has 6 heteroatoms. The molecule has 1 fully saturated rings. The number of hydrogen-bond donors (Lipinski definition) is 1. The predicted octanol–water partition coefficient (Wildman–Crippen LogP) is 3.90. The second-order valence-electron chi connectivity index (χ2n) is 6.41. The number of aromatic nitrogens is 1. The van der Waals surface area contributed by atoms with Crippen LogP contribution in [-0.4, -0.2) is 25.1 Å². The zero-order valence-corrected chi connectivity index (χ0v) is 14.7. The molecule has 0 saturated heterocycles. The molecule has 1 saturated carbocycles. The molecular formula is C20H20N2O4. The third kappa shape index (κ3) is 3.35. The Morgan fingerprint density at radius 1 is 1.19 bits per heavy atom. The molecule has 0 radical (unpaired) electrons. The lowest BCUT2D eigenvalue weighted by molar-refractivity contribution is -0.115. The maximum atomic E-state index is 12.5. The van der Waals surface area contributed by atoms with Gasteiger partial charge in [0, 0.05) is 17.2 Å². The Balaban J connectivity index is 1.50. The summed E-state index contributed by atoms with van der Waals surface area (Å²) in [5.74, 6) is 2.46. The predicted molar refractivity (Wildman–Crippen MR) is 97.9 cm³/mol. The minimum Gasteiger partial charge on any atom is -0.497 e. The van der Waals surface area contributed by atoms with Gasteiger partial charge < -0.3 is 19.2 Å². The van der Waals surface area contributed by atoms with E-state index in [-0.39, 0.29) is 12.3 Å². The molecule has 4 rings (SSSR count). The van der Waals surface area contributed by atoms with Gasteiger partial charge in [0.25, 0.3) is 0 Å². The van der Waals surface area contributed by atoms with Gasteiger partial charge in [0.1, 0.15) is 17.0 Å². The van der Waals surface area contributed by atoms with Crippen LogP contribution < -0.4 is 14.8 Å². The summed E-state index contributed by atoms with van der Waals surface area (Å²) in [5, 5.41) is 2.91. The fraction of sp³-hybridized carbons (Fsp3) is 0.300. The van der Waals surface area contributed by atoms with Gasteiger partial charge in [0.05, 0.1) is 20.6 Å². The van der Waals surface area contributed by atoms with Crippen molar-refractivity contribution in [1.29, 1.82) is 0 Å². The van der Waals surface area contributed by atoms with Crippen molar-refractivity contribution >= 4 is 22.7 Å². The Morgan fingerprint density at radius 3 is 2.77 bits per heavy atom. The normalized spacial score (nSPS) is 13.6. The number of nitrogens with one attached hydrogen (secondary N) is 1. The van der Waals surface area contributed by atoms with Gasteiger partial charge in [-0.2, -0.15) is 0 Å². The topological polar surface area (TPSA) is 73.6 Å². The average Bonchev–Trinajstić information content (AvgIpc) is 3.41. The average molecular weight is 352 g/mol. The van der Waals surface area contributed by atoms with Crippen LogP contribution in [0.4, 0.5) is 5.69 Å². The molecule has 26 heavy (non-hydrogen) atoms. The number of carbonyl (C=O) groups excluding carboxylic acids is 1. The first-order chi connectivity index (χ1) is 12.7. The van der Waals surface area contributed by atoms with Crippen molar-refractivity contribution in [3.8, 4) is 11.5 Å². The van der Waals surface area contributed by atoms with E-state index in [0.29, 0.717) is 23.1 Å². The zero-order chi connectivity index (χ0) is 18.1. The first-order valence-corrected chi connectivity index (χ1v) is 8.57. The fourth-order valence-electron chi connectivity index (χ4n) is 2.93. The number of oxazole rings is 1. The summed E-state index contributed by atoms with van der Waals surface area (Å²) in [7, 11) is 3.17. The molecule has 1 heterocycles. The molecule has 1 N–H and O–H groups in total. The van der Waals surface area contributed by atoms with Gasteiger partial charge in [-0.25, -0.2) is 4.98 Å². The molecule has 3 aromatic rings. The first kappa shape index (κ1) is 16.4. The number of methoxy groups -OCH3 is 2. The number of amides is 1. The summed E-state index contributed by atoms with van der Waals surface area (Å²) in [6.07, 6.45) is 2.46. The first-order valence-electron chi connectivity index (χ1n) is 8.57. The monoisotopic (exact) mass is 352 g/mol. The highest BCUT2D eigenvalue weighted by Crippen LogP contribution is 2.40. The summed E-state index contributed by atoms with van der Waals surface area (Å²) < 4.78 is 16.3. The lowest BCUT2D eigenvalue weighted by atomic mass is 10.1. The van der Waals surface area contributed by atoms with E-state index in [1.54, 1.807) is 32.4 Å². The highest BCUT2D eigenvalue weighted by Gasteiger charge is 2.28. The Kier molecular flexibility index (Phi) is 4.24. The van der Waals surface area contributed by atoms with Gasteiger partial charge in [0.2, 0.25) is 5.91 Å². The molecular weight excluding hydrogens is 332 g/mol. The summed E-state index contributed by atoms with van der Waals surface area (Å²) in [4.78, 5) is 17.0. The van der Waals surface area contributed by atoms with Crippen molar-refractivity contribution in [2.75, 3.05) is 19.5 Å². The summed E-state index contributed by atoms with van der Waals surface area (Å²) >= 11 is 0. The van der Waals surface area contributed by atoms with Crippen molar-refractivity contribution in [2.45, 2.75) is 25.2 Å². The van der Waals surface area contributed by atoms with Crippen LogP contribution in [0.2, 0.25) is 0 Å². The molecule has 1 aliphatic rings. The van der Waals surface area contributed by atoms with E-state index in [4.69, 9.17) is 13.9 Å². The van der Waals surface area contributed by atoms with Crippen LogP contribution in [0, 0.1) is 0 Å². The van der Waals surface area contributed by atoms with E-state index in [1.165, 1.54) is 0 Å². The fourth-order valence-corrected chi connectivity index (χ4v) is 2.93. The molecule has 0 unspecified atom stereocenters. The lowest BCUT2D eigenvalue weighted by Crippen LogP contribution is -2.15. The third-order valence-electron chi connectivity index (χ3n) is 4.45. The Labute approximate surface area is 151 Å². The molecule has 1 amide bonds. The van der Waals surface area contributed by atoms with E-state index >= 15 is 0 Å². The Bertz CT molecular complexity index is 960. The summed E-state index contributed by atoms with van der Waals surface area (Å²) in [6, 6.07) is 10.9. The second kappa shape index (κ2) is 6.71. The van der Waals surface area contributed by atoms with Crippen LogP contribution in [0.5, 0.6) is 11.5 Å². The van der Waals surface area contributed by atoms with E-state index in [9.17, 15) is 4.79 Å². The van der Waals surface area contributed by atoms with E-state index in [2.05, 4.69) is 10.3 Å². The van der Waals surface area contributed by atoms with E-state index < -0.39 is 0 Å². The second-order valence-corrected chi connectivity index (χ2v) is 6.41. The van der Waals surface area contributed by atoms with Crippen molar-refractivity contribution in [3.63, 3.8) is 0 Å². The molecule has 0 spiro atoms. The van der Waals surface area contributed by atoms with Crippen LogP contribution in [0.1, 0.15) is 30.2 Å². The van der Waals surface area contributed by atoms with Crippen LogP contribution in [0.3, 0.4) is 0 Å². The number of benzene rings is 2. The molecule has 0 bridgehead atoms. The molecule has 1 aromatic heterocycles. The largest absolute Gasteiger partial charge is 0.497 e. The van der Waals surface area contributed by atoms with Gasteiger partial charge in [-0.3, -0.25) is 4.79 Å². The molecule has 6 nitrogen and oxygen atoms in total. The van der Waals surface area contributed by atoms with Crippen molar-refractivity contribution in [1.82, 2.24) is 4.98 Å². The Hall–Kier alpha value is -3.02. The zero-order valence-electron chi connectivity index (χ0n) is 14.7. The minimum absolute atomic E-state index is 0.137. The molecule has 0 aliphatic heterocycles. The van der Waals surface area contributed by atoms with E-state index in [0.717, 1.165) is 35.4 Å². The minimum atomic E-state index is -0.137. The standard InChI is InChI=1S/C20H20N2O4/c1-24-15-6-8-17(25-2)13(9-15)10-19(23)21-14-5-7-18-16(11-14)22-20(26-18)12-3-4-12/h5-9,11-12H,3-4,10H2,1-2H3,(H,21,23). The lowest BCUT2D eigenvalue weighted by Gasteiger charge is -2.11. The van der Waals surface area contributed by atoms with Gasteiger partial charge in [-0.15, -0.1) is 0 Å². The number of anilines is 1. The number of fused-ring (bicyclic) bond motifs is 1. The molecule has 134 valence electrons. The van der Waals surface area contributed by atoms with Gasteiger partial charge in [-0.05, 0) is 49.2 Å². The van der Waals surface area contributed by atoms with Crippen molar-refractivity contribution in [3.05, 3.63) is 47.9 Å². The molecule has 2 aromatic carbocycles. The Morgan fingerprint density at radius 2 is 2.04 bits per heavy atom.